The summed E-state index contributed by atoms with van der Waals surface area (Å²) >= 11 is 1.72. The second-order valence-electron chi connectivity index (χ2n) is 6.47. The molecule has 1 aromatic rings. The van der Waals surface area contributed by atoms with E-state index >= 15 is 0 Å². The normalized spacial score (nSPS) is 18.0. The van der Waals surface area contributed by atoms with E-state index in [9.17, 15) is 14.7 Å². The first-order chi connectivity index (χ1) is 11.1. The van der Waals surface area contributed by atoms with E-state index in [1.54, 1.807) is 11.3 Å². The van der Waals surface area contributed by atoms with E-state index in [0.29, 0.717) is 12.2 Å². The van der Waals surface area contributed by atoms with Crippen molar-refractivity contribution in [3.8, 4) is 0 Å². The Labute approximate surface area is 146 Å². The first-order valence-corrected chi connectivity index (χ1v) is 8.60. The number of carboxylic acids is 2. The van der Waals surface area contributed by atoms with Gasteiger partial charge in [0, 0.05) is 17.6 Å². The average Bonchev–Trinajstić information content (AvgIpc) is 3.00. The Bertz CT molecular complexity index is 550. The fourth-order valence-corrected chi connectivity index (χ4v) is 3.69. The maximum atomic E-state index is 10.5. The maximum Gasteiger partial charge on any atom is 0.328 e. The standard InChI is InChI=1S/C13H21NOS.C4H4O4/c1-12(2,15)13(11-4-9-16-10-11)5-7-14(3)8-6-13;5-3(6)1-2-4(7)8/h4,9-10,15H,5-8H2,1-3H3;1-2H,(H,5,6)(H,7,8)/b;2-1-. The third kappa shape index (κ3) is 5.43. The van der Waals surface area contributed by atoms with Crippen LogP contribution in [0.5, 0.6) is 0 Å². The van der Waals surface area contributed by atoms with Gasteiger partial charge in [-0.1, -0.05) is 0 Å². The van der Waals surface area contributed by atoms with Crippen LogP contribution in [0.4, 0.5) is 0 Å². The fraction of sp³-hybridized carbons (Fsp3) is 0.529. The second-order valence-corrected chi connectivity index (χ2v) is 7.25. The van der Waals surface area contributed by atoms with Gasteiger partial charge in [-0.05, 0) is 69.2 Å². The van der Waals surface area contributed by atoms with E-state index in [-0.39, 0.29) is 5.41 Å². The molecule has 0 atom stereocenters. The molecule has 1 aliphatic heterocycles. The topological polar surface area (TPSA) is 98.1 Å². The molecule has 2 rings (SSSR count). The molecule has 1 fully saturated rings. The number of piperidine rings is 1. The first kappa shape index (κ1) is 20.3. The van der Waals surface area contributed by atoms with Gasteiger partial charge in [0.25, 0.3) is 0 Å². The van der Waals surface area contributed by atoms with E-state index in [1.807, 2.05) is 13.8 Å². The Morgan fingerprint density at radius 3 is 2.04 bits per heavy atom. The summed E-state index contributed by atoms with van der Waals surface area (Å²) in [5.41, 5.74) is 0.618. The molecule has 2 heterocycles. The largest absolute Gasteiger partial charge is 0.478 e. The van der Waals surface area contributed by atoms with Crippen LogP contribution in [0.15, 0.2) is 29.0 Å². The van der Waals surface area contributed by atoms with Gasteiger partial charge < -0.3 is 20.2 Å². The van der Waals surface area contributed by atoms with Gasteiger partial charge in [0.15, 0.2) is 0 Å². The molecular formula is C17H25NO5S. The highest BCUT2D eigenvalue weighted by atomic mass is 32.1. The van der Waals surface area contributed by atoms with Crippen molar-refractivity contribution in [2.24, 2.45) is 0 Å². The zero-order chi connectivity index (χ0) is 18.4. The van der Waals surface area contributed by atoms with Crippen LogP contribution in [0.2, 0.25) is 0 Å². The number of nitrogens with zero attached hydrogens (tertiary/aromatic N) is 1. The highest BCUT2D eigenvalue weighted by molar-refractivity contribution is 7.08. The summed E-state index contributed by atoms with van der Waals surface area (Å²) < 4.78 is 0. The summed E-state index contributed by atoms with van der Waals surface area (Å²) in [5.74, 6) is -2.51. The highest BCUT2D eigenvalue weighted by Gasteiger charge is 2.46. The molecule has 0 saturated carbocycles. The quantitative estimate of drug-likeness (QED) is 0.716. The number of hydrogen-bond donors (Lipinski definition) is 3. The predicted octanol–water partition coefficient (Wildman–Crippen LogP) is 2.19. The number of thiophene rings is 1. The number of likely N-dealkylation sites (tertiary alicyclic amines) is 1. The molecular weight excluding hydrogens is 330 g/mol. The van der Waals surface area contributed by atoms with Gasteiger partial charge in [-0.3, -0.25) is 0 Å². The fourth-order valence-electron chi connectivity index (χ4n) is 2.93. The average molecular weight is 355 g/mol. The van der Waals surface area contributed by atoms with Crippen molar-refractivity contribution in [3.05, 3.63) is 34.5 Å². The number of aliphatic carboxylic acids is 2. The minimum atomic E-state index is -1.26. The van der Waals surface area contributed by atoms with Crippen LogP contribution < -0.4 is 0 Å². The molecule has 1 aliphatic rings. The van der Waals surface area contributed by atoms with Crippen molar-refractivity contribution in [2.45, 2.75) is 37.7 Å². The molecule has 0 amide bonds. The molecule has 1 saturated heterocycles. The van der Waals surface area contributed by atoms with Crippen LogP contribution in [-0.4, -0.2) is 57.9 Å². The molecule has 0 bridgehead atoms. The zero-order valence-electron chi connectivity index (χ0n) is 14.2. The number of rotatable bonds is 4. The lowest BCUT2D eigenvalue weighted by molar-refractivity contribution is -0.134. The summed E-state index contributed by atoms with van der Waals surface area (Å²) in [6, 6.07) is 2.17. The molecule has 0 aromatic carbocycles. The lowest BCUT2D eigenvalue weighted by Gasteiger charge is -2.48. The molecule has 134 valence electrons. The van der Waals surface area contributed by atoms with Gasteiger partial charge in [-0.2, -0.15) is 11.3 Å². The maximum absolute atomic E-state index is 10.5. The lowest BCUT2D eigenvalue weighted by Crippen LogP contribution is -2.53. The van der Waals surface area contributed by atoms with Crippen molar-refractivity contribution in [3.63, 3.8) is 0 Å². The third-order valence-corrected chi connectivity index (χ3v) is 5.14. The monoisotopic (exact) mass is 355 g/mol. The van der Waals surface area contributed by atoms with Crippen LogP contribution in [0, 0.1) is 0 Å². The molecule has 0 aliphatic carbocycles. The van der Waals surface area contributed by atoms with Gasteiger partial charge in [0.2, 0.25) is 0 Å². The van der Waals surface area contributed by atoms with Crippen LogP contribution in [0.3, 0.4) is 0 Å². The summed E-state index contributed by atoms with van der Waals surface area (Å²) in [6.45, 7) is 6.05. The van der Waals surface area contributed by atoms with E-state index < -0.39 is 17.5 Å². The van der Waals surface area contributed by atoms with Gasteiger partial charge >= 0.3 is 11.9 Å². The SMILES string of the molecule is CN1CCC(c2ccsc2)(C(C)(C)O)CC1.O=C(O)/C=C\C(=O)O. The number of hydrogen-bond acceptors (Lipinski definition) is 5. The minimum Gasteiger partial charge on any atom is -0.478 e. The van der Waals surface area contributed by atoms with E-state index in [4.69, 9.17) is 10.2 Å². The van der Waals surface area contributed by atoms with Crippen LogP contribution in [0.1, 0.15) is 32.3 Å². The Morgan fingerprint density at radius 1 is 1.21 bits per heavy atom. The van der Waals surface area contributed by atoms with Crippen molar-refractivity contribution < 1.29 is 24.9 Å². The van der Waals surface area contributed by atoms with Crippen LogP contribution in [0.25, 0.3) is 0 Å². The molecule has 6 nitrogen and oxygen atoms in total. The van der Waals surface area contributed by atoms with Gasteiger partial charge in [0.1, 0.15) is 0 Å². The van der Waals surface area contributed by atoms with Gasteiger partial charge in [0.05, 0.1) is 5.60 Å². The molecule has 7 heteroatoms. The van der Waals surface area contributed by atoms with Crippen molar-refractivity contribution in [1.82, 2.24) is 4.90 Å². The number of carboxylic acid groups (broad SMARTS) is 2. The minimum absolute atomic E-state index is 0.0560. The molecule has 3 N–H and O–H groups in total. The number of carbonyl (C=O) groups is 2. The Hall–Kier alpha value is -1.70. The van der Waals surface area contributed by atoms with E-state index in [2.05, 4.69) is 28.8 Å². The van der Waals surface area contributed by atoms with Gasteiger partial charge in [-0.25, -0.2) is 9.59 Å². The summed E-state index contributed by atoms with van der Waals surface area (Å²) in [7, 11) is 2.15. The molecule has 1 aromatic heterocycles. The predicted molar refractivity (Wildman–Crippen MR) is 93.4 cm³/mol. The van der Waals surface area contributed by atoms with Crippen molar-refractivity contribution in [1.29, 1.82) is 0 Å². The zero-order valence-corrected chi connectivity index (χ0v) is 15.0. The van der Waals surface area contributed by atoms with E-state index in [0.717, 1.165) is 25.9 Å². The smallest absolute Gasteiger partial charge is 0.328 e. The van der Waals surface area contributed by atoms with Crippen molar-refractivity contribution >= 4 is 23.3 Å². The molecule has 0 unspecified atom stereocenters. The molecule has 0 radical (unpaired) electrons. The summed E-state index contributed by atoms with van der Waals surface area (Å²) in [6.07, 6.45) is 3.21. The highest BCUT2D eigenvalue weighted by Crippen LogP contribution is 2.44. The van der Waals surface area contributed by atoms with Gasteiger partial charge in [-0.15, -0.1) is 0 Å². The Morgan fingerprint density at radius 2 is 1.71 bits per heavy atom. The lowest BCUT2D eigenvalue weighted by atomic mass is 9.64. The Kier molecular flexibility index (Phi) is 7.13. The second kappa shape index (κ2) is 8.41. The summed E-state index contributed by atoms with van der Waals surface area (Å²) in [5, 5.41) is 30.5. The third-order valence-electron chi connectivity index (χ3n) is 4.45. The van der Waals surface area contributed by atoms with Crippen LogP contribution in [-0.2, 0) is 15.0 Å². The first-order valence-electron chi connectivity index (χ1n) is 7.66. The number of aliphatic hydroxyl groups is 1. The molecule has 24 heavy (non-hydrogen) atoms. The van der Waals surface area contributed by atoms with Crippen LogP contribution >= 0.6 is 11.3 Å². The van der Waals surface area contributed by atoms with E-state index in [1.165, 1.54) is 5.56 Å². The summed E-state index contributed by atoms with van der Waals surface area (Å²) in [4.78, 5) is 21.5. The molecule has 0 spiro atoms. The van der Waals surface area contributed by atoms with Crippen molar-refractivity contribution in [2.75, 3.05) is 20.1 Å². The Balaban J connectivity index is 0.000000307.